The lowest BCUT2D eigenvalue weighted by Gasteiger charge is -2.25. The first-order valence-corrected chi connectivity index (χ1v) is 7.87. The van der Waals surface area contributed by atoms with E-state index >= 15 is 0 Å². The van der Waals surface area contributed by atoms with Crippen molar-refractivity contribution < 1.29 is 9.84 Å². The van der Waals surface area contributed by atoms with Gasteiger partial charge in [-0.25, -0.2) is 0 Å². The minimum Gasteiger partial charge on any atom is -0.489 e. The van der Waals surface area contributed by atoms with Crippen LogP contribution in [-0.4, -0.2) is 30.9 Å². The van der Waals surface area contributed by atoms with Crippen LogP contribution < -0.4 is 10.1 Å². The van der Waals surface area contributed by atoms with E-state index in [0.717, 1.165) is 12.5 Å². The Labute approximate surface area is 130 Å². The second-order valence-corrected chi connectivity index (χ2v) is 6.17. The Bertz CT molecular complexity index is 424. The van der Waals surface area contributed by atoms with Crippen molar-refractivity contribution in [2.75, 3.05) is 19.7 Å². The van der Waals surface area contributed by atoms with E-state index < -0.39 is 6.10 Å². The van der Waals surface area contributed by atoms with E-state index in [0.29, 0.717) is 22.3 Å². The average Bonchev–Trinajstić information content (AvgIpc) is 2.37. The molecule has 1 aromatic rings. The van der Waals surface area contributed by atoms with Crippen molar-refractivity contribution in [3.05, 3.63) is 28.2 Å². The Morgan fingerprint density at radius 2 is 2.15 bits per heavy atom. The molecule has 1 fully saturated rings. The van der Waals surface area contributed by atoms with E-state index in [9.17, 15) is 5.11 Å². The molecule has 0 saturated heterocycles. The molecule has 1 aliphatic rings. The zero-order valence-corrected chi connectivity index (χ0v) is 13.0. The van der Waals surface area contributed by atoms with Crippen LogP contribution >= 0.6 is 23.2 Å². The number of hydrogen-bond donors (Lipinski definition) is 2. The number of hydrogen-bond acceptors (Lipinski definition) is 3. The van der Waals surface area contributed by atoms with Crippen LogP contribution in [0.1, 0.15) is 25.7 Å². The molecule has 1 aromatic carbocycles. The maximum absolute atomic E-state index is 9.84. The molecule has 0 radical (unpaired) electrons. The smallest absolute Gasteiger partial charge is 0.139 e. The summed E-state index contributed by atoms with van der Waals surface area (Å²) in [5.74, 6) is 1.40. The third-order valence-corrected chi connectivity index (χ3v) is 4.21. The van der Waals surface area contributed by atoms with Crippen LogP contribution in [0.3, 0.4) is 0 Å². The van der Waals surface area contributed by atoms with E-state index in [1.54, 1.807) is 18.2 Å². The van der Waals surface area contributed by atoms with Crippen molar-refractivity contribution in [1.82, 2.24) is 5.32 Å². The van der Waals surface area contributed by atoms with Gasteiger partial charge in [-0.2, -0.15) is 0 Å². The van der Waals surface area contributed by atoms with Crippen LogP contribution in [0.15, 0.2) is 18.2 Å². The SMILES string of the molecule is OC(CNCCC1CCC1)COc1cc(Cl)ccc1Cl. The van der Waals surface area contributed by atoms with Gasteiger partial charge < -0.3 is 15.2 Å². The van der Waals surface area contributed by atoms with E-state index in [1.807, 2.05) is 0 Å². The third-order valence-electron chi connectivity index (χ3n) is 3.66. The maximum Gasteiger partial charge on any atom is 0.139 e. The molecule has 1 unspecified atom stereocenters. The molecule has 0 bridgehead atoms. The fraction of sp³-hybridized carbons (Fsp3) is 0.600. The van der Waals surface area contributed by atoms with Gasteiger partial charge in [-0.1, -0.05) is 42.5 Å². The molecule has 0 aromatic heterocycles. The molecule has 0 heterocycles. The number of halogens is 2. The number of aliphatic hydroxyl groups is 1. The lowest BCUT2D eigenvalue weighted by Crippen LogP contribution is -2.33. The van der Waals surface area contributed by atoms with E-state index in [4.69, 9.17) is 27.9 Å². The van der Waals surface area contributed by atoms with Gasteiger partial charge in [-0.15, -0.1) is 0 Å². The van der Waals surface area contributed by atoms with Gasteiger partial charge in [-0.3, -0.25) is 0 Å². The van der Waals surface area contributed by atoms with Gasteiger partial charge in [0.25, 0.3) is 0 Å². The third kappa shape index (κ3) is 5.13. The molecule has 2 rings (SSSR count). The molecule has 20 heavy (non-hydrogen) atoms. The summed E-state index contributed by atoms with van der Waals surface area (Å²) in [5.41, 5.74) is 0. The van der Waals surface area contributed by atoms with Crippen molar-refractivity contribution in [3.8, 4) is 5.75 Å². The minimum absolute atomic E-state index is 0.205. The summed E-state index contributed by atoms with van der Waals surface area (Å²) in [7, 11) is 0. The zero-order valence-electron chi connectivity index (χ0n) is 11.4. The highest BCUT2D eigenvalue weighted by Gasteiger charge is 2.16. The second kappa shape index (κ2) is 8.08. The number of rotatable bonds is 8. The number of benzene rings is 1. The monoisotopic (exact) mass is 317 g/mol. The van der Waals surface area contributed by atoms with E-state index in [1.165, 1.54) is 25.7 Å². The van der Waals surface area contributed by atoms with Gasteiger partial charge in [0.15, 0.2) is 0 Å². The minimum atomic E-state index is -0.550. The van der Waals surface area contributed by atoms with Gasteiger partial charge in [0.1, 0.15) is 18.5 Å². The summed E-state index contributed by atoms with van der Waals surface area (Å²) in [5, 5.41) is 14.2. The van der Waals surface area contributed by atoms with Crippen molar-refractivity contribution in [2.45, 2.75) is 31.8 Å². The largest absolute Gasteiger partial charge is 0.489 e. The zero-order chi connectivity index (χ0) is 14.4. The highest BCUT2D eigenvalue weighted by Crippen LogP contribution is 2.29. The molecule has 1 saturated carbocycles. The highest BCUT2D eigenvalue weighted by molar-refractivity contribution is 6.34. The summed E-state index contributed by atoms with van der Waals surface area (Å²) in [6.07, 6.45) is 4.75. The molecule has 3 nitrogen and oxygen atoms in total. The maximum atomic E-state index is 9.84. The van der Waals surface area contributed by atoms with Gasteiger partial charge in [0.2, 0.25) is 0 Å². The van der Waals surface area contributed by atoms with Crippen LogP contribution in [-0.2, 0) is 0 Å². The summed E-state index contributed by atoms with van der Waals surface area (Å²) in [6, 6.07) is 5.04. The molecule has 1 aliphatic carbocycles. The van der Waals surface area contributed by atoms with Crippen molar-refractivity contribution in [1.29, 1.82) is 0 Å². The number of ether oxygens (including phenoxy) is 1. The molecule has 0 aliphatic heterocycles. The topological polar surface area (TPSA) is 41.5 Å². The lowest BCUT2D eigenvalue weighted by atomic mass is 9.83. The first-order valence-electron chi connectivity index (χ1n) is 7.12. The predicted molar refractivity (Wildman–Crippen MR) is 82.8 cm³/mol. The van der Waals surface area contributed by atoms with Crippen LogP contribution in [0.5, 0.6) is 5.75 Å². The summed E-state index contributed by atoms with van der Waals surface area (Å²) >= 11 is 11.9. The van der Waals surface area contributed by atoms with Gasteiger partial charge in [-0.05, 0) is 31.0 Å². The quantitative estimate of drug-likeness (QED) is 0.721. The first-order chi connectivity index (χ1) is 9.65. The lowest BCUT2D eigenvalue weighted by molar-refractivity contribution is 0.106. The Hall–Kier alpha value is -0.480. The standard InChI is InChI=1S/C15H21Cl2NO2/c16-12-4-5-14(17)15(8-12)20-10-13(19)9-18-7-6-11-2-1-3-11/h4-5,8,11,13,18-19H,1-3,6-7,9-10H2. The van der Waals surface area contributed by atoms with E-state index in [-0.39, 0.29) is 6.61 Å². The van der Waals surface area contributed by atoms with Crippen LogP contribution in [0.25, 0.3) is 0 Å². The van der Waals surface area contributed by atoms with Gasteiger partial charge in [0.05, 0.1) is 5.02 Å². The van der Waals surface area contributed by atoms with Crippen LogP contribution in [0, 0.1) is 5.92 Å². The Kier molecular flexibility index (Phi) is 6.43. The summed E-state index contributed by atoms with van der Waals surface area (Å²) < 4.78 is 5.48. The average molecular weight is 318 g/mol. The van der Waals surface area contributed by atoms with E-state index in [2.05, 4.69) is 5.32 Å². The van der Waals surface area contributed by atoms with Crippen LogP contribution in [0.2, 0.25) is 10.0 Å². The normalized spacial score (nSPS) is 16.8. The van der Waals surface area contributed by atoms with Gasteiger partial charge in [0, 0.05) is 17.6 Å². The van der Waals surface area contributed by atoms with Crippen molar-refractivity contribution in [3.63, 3.8) is 0 Å². The molecule has 5 heteroatoms. The molecular formula is C15H21Cl2NO2. The summed E-state index contributed by atoms with van der Waals surface area (Å²) in [4.78, 5) is 0. The molecule has 0 spiro atoms. The number of nitrogens with one attached hydrogen (secondary N) is 1. The second-order valence-electron chi connectivity index (χ2n) is 5.33. The van der Waals surface area contributed by atoms with Crippen molar-refractivity contribution in [2.24, 2.45) is 5.92 Å². The number of aliphatic hydroxyl groups excluding tert-OH is 1. The molecule has 2 N–H and O–H groups in total. The predicted octanol–water partition coefficient (Wildman–Crippen LogP) is 3.51. The molecule has 0 amide bonds. The van der Waals surface area contributed by atoms with Crippen LogP contribution in [0.4, 0.5) is 0 Å². The molecule has 112 valence electrons. The van der Waals surface area contributed by atoms with Crippen molar-refractivity contribution >= 4 is 23.2 Å². The Morgan fingerprint density at radius 1 is 1.35 bits per heavy atom. The molecular weight excluding hydrogens is 297 g/mol. The fourth-order valence-electron chi connectivity index (χ4n) is 2.19. The van der Waals surface area contributed by atoms with Gasteiger partial charge >= 0.3 is 0 Å². The fourth-order valence-corrected chi connectivity index (χ4v) is 2.52. The highest BCUT2D eigenvalue weighted by atomic mass is 35.5. The molecule has 1 atom stereocenters. The first kappa shape index (κ1) is 15.9. The summed E-state index contributed by atoms with van der Waals surface area (Å²) in [6.45, 7) is 1.70. The Morgan fingerprint density at radius 3 is 2.85 bits per heavy atom. The Balaban J connectivity index is 1.61.